The molecule has 210 valence electrons. The lowest BCUT2D eigenvalue weighted by Gasteiger charge is -2.30. The molecule has 1 heterocycles. The van der Waals surface area contributed by atoms with Gasteiger partial charge in [-0.3, -0.25) is 4.79 Å². The maximum Gasteiger partial charge on any atom is 0.416 e. The number of rotatable bonds is 12. The number of aliphatic hydroxyl groups excluding tert-OH is 1. The molecule has 0 bridgehead atoms. The van der Waals surface area contributed by atoms with Crippen LogP contribution >= 0.6 is 0 Å². The van der Waals surface area contributed by atoms with Crippen molar-refractivity contribution in [2.75, 3.05) is 7.05 Å². The number of alkyl halides is 3. The highest BCUT2D eigenvalue weighted by Gasteiger charge is 2.42. The van der Waals surface area contributed by atoms with E-state index in [4.69, 9.17) is 5.73 Å². The van der Waals surface area contributed by atoms with Gasteiger partial charge in [-0.2, -0.15) is 17.6 Å². The zero-order valence-electron chi connectivity index (χ0n) is 22.1. The molecule has 10 heteroatoms. The Hall–Kier alpha value is -3.01. The summed E-state index contributed by atoms with van der Waals surface area (Å²) in [5.41, 5.74) is 6.70. The minimum Gasteiger partial charge on any atom is -0.510 e. The molecular formula is C28H38F4N4O2. The monoisotopic (exact) mass is 538 g/mol. The number of dihydropyridines is 1. The topological polar surface area (TPSA) is 99.4 Å². The normalized spacial score (nSPS) is 19.9. The molecule has 1 aromatic rings. The van der Waals surface area contributed by atoms with Gasteiger partial charge in [-0.15, -0.1) is 0 Å². The van der Waals surface area contributed by atoms with Gasteiger partial charge in [-0.05, 0) is 85.8 Å². The molecule has 0 spiro atoms. The zero-order chi connectivity index (χ0) is 28.3. The van der Waals surface area contributed by atoms with Crippen LogP contribution in [0.5, 0.6) is 0 Å². The molecule has 1 saturated carbocycles. The van der Waals surface area contributed by atoms with Crippen LogP contribution in [0.1, 0.15) is 85.3 Å². The molecule has 1 aliphatic heterocycles. The molecule has 3 atom stereocenters. The Balaban J connectivity index is 2.08. The standard InChI is InChI=1S/C28H38F4N4O2/c1-5-9-27(11-12-27)10-8-20(16(2)33)24-18(13-19(28(30,31)32)14-21(24)26(38)34-4)15-35-22-6-7-23(29)36-25(22)17(3)37/h6-7,13-14,16,20,25,35-37H,3,5,8-12,15,33H2,1-2,4H3,(H,34,38). The van der Waals surface area contributed by atoms with Gasteiger partial charge < -0.3 is 26.8 Å². The van der Waals surface area contributed by atoms with Gasteiger partial charge in [0.15, 0.2) is 5.95 Å². The van der Waals surface area contributed by atoms with E-state index in [0.717, 1.165) is 50.3 Å². The minimum atomic E-state index is -4.68. The van der Waals surface area contributed by atoms with E-state index >= 15 is 0 Å². The van der Waals surface area contributed by atoms with Gasteiger partial charge >= 0.3 is 6.18 Å². The second-order valence-electron chi connectivity index (χ2n) is 10.5. The highest BCUT2D eigenvalue weighted by molar-refractivity contribution is 5.96. The van der Waals surface area contributed by atoms with Crippen LogP contribution in [0.3, 0.4) is 0 Å². The van der Waals surface area contributed by atoms with E-state index in [-0.39, 0.29) is 34.8 Å². The van der Waals surface area contributed by atoms with E-state index in [1.54, 1.807) is 6.92 Å². The zero-order valence-corrected chi connectivity index (χ0v) is 22.1. The fraction of sp³-hybridized carbons (Fsp3) is 0.536. The van der Waals surface area contributed by atoms with Gasteiger partial charge in [-0.1, -0.05) is 19.9 Å². The lowest BCUT2D eigenvalue weighted by atomic mass is 9.79. The molecule has 0 radical (unpaired) electrons. The Morgan fingerprint density at radius 2 is 1.97 bits per heavy atom. The molecule has 3 rings (SSSR count). The van der Waals surface area contributed by atoms with Crippen molar-refractivity contribution in [1.82, 2.24) is 16.0 Å². The summed E-state index contributed by atoms with van der Waals surface area (Å²) < 4.78 is 55.5. The average Bonchev–Trinajstić information content (AvgIpc) is 3.61. The molecular weight excluding hydrogens is 500 g/mol. The number of allylic oxidation sites excluding steroid dienone is 2. The first-order chi connectivity index (χ1) is 17.8. The van der Waals surface area contributed by atoms with Crippen molar-refractivity contribution in [1.29, 1.82) is 0 Å². The molecule has 6 nitrogen and oxygen atoms in total. The fourth-order valence-electron chi connectivity index (χ4n) is 5.39. The molecule has 2 aliphatic rings. The second-order valence-corrected chi connectivity index (χ2v) is 10.5. The first-order valence-corrected chi connectivity index (χ1v) is 13.0. The number of halogens is 4. The summed E-state index contributed by atoms with van der Waals surface area (Å²) in [6.45, 7) is 7.28. The molecule has 1 aliphatic carbocycles. The van der Waals surface area contributed by atoms with Crippen molar-refractivity contribution in [3.05, 3.63) is 70.5 Å². The number of carbonyl (C=O) groups is 1. The van der Waals surface area contributed by atoms with Crippen LogP contribution in [0.2, 0.25) is 0 Å². The van der Waals surface area contributed by atoms with Crippen molar-refractivity contribution < 1.29 is 27.5 Å². The van der Waals surface area contributed by atoms with Gasteiger partial charge in [0.2, 0.25) is 0 Å². The molecule has 3 unspecified atom stereocenters. The lowest BCUT2D eigenvalue weighted by molar-refractivity contribution is -0.137. The van der Waals surface area contributed by atoms with Gasteiger partial charge in [0.1, 0.15) is 11.8 Å². The van der Waals surface area contributed by atoms with E-state index in [1.165, 1.54) is 13.1 Å². The van der Waals surface area contributed by atoms with Crippen LogP contribution in [0.15, 0.2) is 48.3 Å². The number of aliphatic hydroxyl groups is 1. The Morgan fingerprint density at radius 3 is 2.50 bits per heavy atom. The summed E-state index contributed by atoms with van der Waals surface area (Å²) in [6, 6.07) is 0.507. The highest BCUT2D eigenvalue weighted by atomic mass is 19.4. The lowest BCUT2D eigenvalue weighted by Crippen LogP contribution is -2.39. The van der Waals surface area contributed by atoms with E-state index in [0.29, 0.717) is 17.7 Å². The van der Waals surface area contributed by atoms with E-state index in [2.05, 4.69) is 29.5 Å². The third kappa shape index (κ3) is 6.89. The Bertz CT molecular complexity index is 1110. The second kappa shape index (κ2) is 11.8. The predicted octanol–water partition coefficient (Wildman–Crippen LogP) is 5.68. The van der Waals surface area contributed by atoms with E-state index < -0.39 is 35.7 Å². The molecule has 6 N–H and O–H groups in total. The van der Waals surface area contributed by atoms with Crippen molar-refractivity contribution in [3.8, 4) is 0 Å². The number of hydrogen-bond acceptors (Lipinski definition) is 5. The van der Waals surface area contributed by atoms with Gasteiger partial charge in [-0.25, -0.2) is 0 Å². The van der Waals surface area contributed by atoms with Crippen molar-refractivity contribution in [3.63, 3.8) is 0 Å². The number of amides is 1. The quantitative estimate of drug-likeness (QED) is 0.134. The summed E-state index contributed by atoms with van der Waals surface area (Å²) in [5, 5.41) is 17.9. The summed E-state index contributed by atoms with van der Waals surface area (Å²) in [4.78, 5) is 12.9. The summed E-state index contributed by atoms with van der Waals surface area (Å²) in [7, 11) is 1.38. The third-order valence-corrected chi connectivity index (χ3v) is 7.61. The summed E-state index contributed by atoms with van der Waals surface area (Å²) in [5.74, 6) is -2.04. The van der Waals surface area contributed by atoms with Crippen LogP contribution in [-0.4, -0.2) is 30.1 Å². The Kier molecular flexibility index (Phi) is 9.17. The molecule has 38 heavy (non-hydrogen) atoms. The summed E-state index contributed by atoms with van der Waals surface area (Å²) >= 11 is 0. The number of carbonyl (C=O) groups excluding carboxylic acids is 1. The molecule has 1 amide bonds. The maximum atomic E-state index is 13.9. The Labute approximate surface area is 221 Å². The number of hydrogen-bond donors (Lipinski definition) is 5. The SMILES string of the molecule is C=C(O)C1NC(F)=CC=C1NCc1cc(C(F)(F)F)cc(C(=O)NC)c1C(CCC1(CCC)CC1)C(C)N. The first kappa shape index (κ1) is 29.5. The number of nitrogens with two attached hydrogens (primary N) is 1. The van der Waals surface area contributed by atoms with E-state index in [9.17, 15) is 27.5 Å². The fourth-order valence-corrected chi connectivity index (χ4v) is 5.39. The third-order valence-electron chi connectivity index (χ3n) is 7.61. The summed E-state index contributed by atoms with van der Waals surface area (Å²) in [6.07, 6.45) is 3.72. The molecule has 1 aromatic carbocycles. The van der Waals surface area contributed by atoms with Crippen LogP contribution in [0, 0.1) is 5.41 Å². The van der Waals surface area contributed by atoms with Gasteiger partial charge in [0.05, 0.1) is 5.56 Å². The number of benzene rings is 1. The van der Waals surface area contributed by atoms with Crippen LogP contribution in [0.25, 0.3) is 0 Å². The van der Waals surface area contributed by atoms with Crippen LogP contribution in [0.4, 0.5) is 17.6 Å². The van der Waals surface area contributed by atoms with Crippen LogP contribution < -0.4 is 21.7 Å². The predicted molar refractivity (Wildman–Crippen MR) is 140 cm³/mol. The van der Waals surface area contributed by atoms with Gasteiger partial charge in [0, 0.05) is 30.9 Å². The van der Waals surface area contributed by atoms with Crippen molar-refractivity contribution in [2.24, 2.45) is 11.1 Å². The largest absolute Gasteiger partial charge is 0.510 e. The first-order valence-electron chi connectivity index (χ1n) is 13.0. The van der Waals surface area contributed by atoms with Crippen molar-refractivity contribution in [2.45, 2.75) is 83.1 Å². The van der Waals surface area contributed by atoms with Crippen LogP contribution in [-0.2, 0) is 12.7 Å². The number of nitrogens with one attached hydrogen (secondary N) is 3. The highest BCUT2D eigenvalue weighted by Crippen LogP contribution is 2.54. The average molecular weight is 539 g/mol. The minimum absolute atomic E-state index is 0.0634. The smallest absolute Gasteiger partial charge is 0.416 e. The maximum absolute atomic E-state index is 13.9. The molecule has 0 saturated heterocycles. The van der Waals surface area contributed by atoms with Crippen molar-refractivity contribution >= 4 is 5.91 Å². The van der Waals surface area contributed by atoms with E-state index in [1.807, 2.05) is 0 Å². The van der Waals surface area contributed by atoms with Gasteiger partial charge in [0.25, 0.3) is 5.91 Å². The molecule has 0 aromatic heterocycles. The Morgan fingerprint density at radius 1 is 1.29 bits per heavy atom. The molecule has 1 fully saturated rings.